The van der Waals surface area contributed by atoms with Crippen LogP contribution in [0.15, 0.2) is 23.1 Å². The van der Waals surface area contributed by atoms with E-state index in [1.165, 1.54) is 9.21 Å². The first-order valence-electron chi connectivity index (χ1n) is 9.84. The molecule has 0 radical (unpaired) electrons. The zero-order valence-electron chi connectivity index (χ0n) is 16.0. The maximum atomic E-state index is 13.1. The molecule has 2 aromatic rings. The number of piperidine rings is 1. The maximum absolute atomic E-state index is 13.1. The number of carbonyl (C=O) groups is 1. The van der Waals surface area contributed by atoms with Gasteiger partial charge in [-0.05, 0) is 31.9 Å². The second-order valence-electron chi connectivity index (χ2n) is 7.50. The average molecular weight is 425 g/mol. The molecule has 0 unspecified atom stereocenters. The van der Waals surface area contributed by atoms with E-state index >= 15 is 0 Å². The summed E-state index contributed by atoms with van der Waals surface area (Å²) in [6, 6.07) is 5.05. The number of hydrogen-bond acceptors (Lipinski definition) is 6. The molecule has 10 heteroatoms. The molecule has 8 nitrogen and oxygen atoms in total. The number of rotatable bonds is 4. The van der Waals surface area contributed by atoms with Gasteiger partial charge >= 0.3 is 0 Å². The molecule has 1 aromatic carbocycles. The molecule has 152 valence electrons. The summed E-state index contributed by atoms with van der Waals surface area (Å²) in [6.45, 7) is 7.62. The molecule has 0 aliphatic carbocycles. The van der Waals surface area contributed by atoms with Crippen molar-refractivity contribution < 1.29 is 18.1 Å². The highest BCUT2D eigenvalue weighted by Gasteiger charge is 2.35. The van der Waals surface area contributed by atoms with E-state index in [1.54, 1.807) is 18.2 Å². The van der Waals surface area contributed by atoms with Crippen molar-refractivity contribution in [1.29, 1.82) is 0 Å². The van der Waals surface area contributed by atoms with Crippen molar-refractivity contribution in [3.63, 3.8) is 0 Å². The summed E-state index contributed by atoms with van der Waals surface area (Å²) in [6.07, 6.45) is 1.15. The highest BCUT2D eigenvalue weighted by atomic mass is 32.2. The molecule has 2 aliphatic rings. The van der Waals surface area contributed by atoms with E-state index in [2.05, 4.69) is 15.7 Å². The second-order valence-corrected chi connectivity index (χ2v) is 9.93. The van der Waals surface area contributed by atoms with E-state index in [4.69, 9.17) is 0 Å². The Bertz CT molecular complexity index is 945. The minimum atomic E-state index is -3.63. The topological polar surface area (TPSA) is 87.9 Å². The lowest BCUT2D eigenvalue weighted by Gasteiger charge is -2.36. The van der Waals surface area contributed by atoms with Crippen LogP contribution >= 0.6 is 11.7 Å². The molecule has 1 N–H and O–H groups in total. The third-order valence-electron chi connectivity index (χ3n) is 5.95. The van der Waals surface area contributed by atoms with Gasteiger partial charge in [-0.1, -0.05) is 6.07 Å². The summed E-state index contributed by atoms with van der Waals surface area (Å²) < 4.78 is 36.0. The van der Waals surface area contributed by atoms with E-state index < -0.39 is 10.0 Å². The van der Waals surface area contributed by atoms with Gasteiger partial charge in [-0.2, -0.15) is 13.1 Å². The summed E-state index contributed by atoms with van der Waals surface area (Å²) >= 11 is 1.02. The van der Waals surface area contributed by atoms with Gasteiger partial charge in [0, 0.05) is 19.0 Å². The van der Waals surface area contributed by atoms with E-state index in [-0.39, 0.29) is 16.7 Å². The van der Waals surface area contributed by atoms with E-state index in [0.717, 1.165) is 44.5 Å². The van der Waals surface area contributed by atoms with Crippen LogP contribution in [0.5, 0.6) is 0 Å². The summed E-state index contributed by atoms with van der Waals surface area (Å²) in [7, 11) is -3.63. The number of sulfonamides is 1. The van der Waals surface area contributed by atoms with Gasteiger partial charge in [0.25, 0.3) is 0 Å². The smallest absolute Gasteiger partial charge is 0.245 e. The van der Waals surface area contributed by atoms with E-state index in [9.17, 15) is 13.2 Å². The van der Waals surface area contributed by atoms with Crippen molar-refractivity contribution >= 4 is 38.7 Å². The molecule has 2 aliphatic heterocycles. The van der Waals surface area contributed by atoms with Crippen molar-refractivity contribution in [1.82, 2.24) is 18.0 Å². The summed E-state index contributed by atoms with van der Waals surface area (Å²) in [4.78, 5) is 16.6. The average Bonchev–Trinajstić information content (AvgIpc) is 3.22. The number of amides is 1. The second kappa shape index (κ2) is 8.02. The molecule has 4 rings (SSSR count). The Balaban J connectivity index is 1.41. The standard InChI is InChI=1S/C18H25N5O3S2/c1-2-21-10-12-22(13-11-21)18(24)14-6-8-23(9-7-14)28(25,26)16-5-3-4-15-17(16)20-27-19-15/h3-5,14H,2,6-13H2,1H3/p+1. The Morgan fingerprint density at radius 3 is 2.57 bits per heavy atom. The molecular weight excluding hydrogens is 398 g/mol. The lowest BCUT2D eigenvalue weighted by molar-refractivity contribution is -0.902. The number of nitrogens with one attached hydrogen (secondary N) is 1. The summed E-state index contributed by atoms with van der Waals surface area (Å²) in [5, 5.41) is 0. The zero-order chi connectivity index (χ0) is 19.7. The predicted molar refractivity (Wildman–Crippen MR) is 107 cm³/mol. The number of fused-ring (bicyclic) bond motifs is 1. The molecule has 1 aromatic heterocycles. The van der Waals surface area contributed by atoms with Crippen molar-refractivity contribution in [2.24, 2.45) is 5.92 Å². The molecule has 3 heterocycles. The quantitative estimate of drug-likeness (QED) is 0.737. The van der Waals surface area contributed by atoms with Crippen LogP contribution in [0.3, 0.4) is 0 Å². The highest BCUT2D eigenvalue weighted by Crippen LogP contribution is 2.28. The molecule has 2 fully saturated rings. The number of likely N-dealkylation sites (N-methyl/N-ethyl adjacent to an activating group) is 1. The van der Waals surface area contributed by atoms with E-state index in [0.29, 0.717) is 37.0 Å². The monoisotopic (exact) mass is 424 g/mol. The molecule has 28 heavy (non-hydrogen) atoms. The Kier molecular flexibility index (Phi) is 5.64. The molecule has 0 saturated carbocycles. The number of aromatic nitrogens is 2. The third-order valence-corrected chi connectivity index (χ3v) is 8.43. The number of hydrogen-bond donors (Lipinski definition) is 1. The van der Waals surface area contributed by atoms with Gasteiger partial charge in [0.05, 0.1) is 44.5 Å². The number of carbonyl (C=O) groups excluding carboxylic acids is 1. The van der Waals surface area contributed by atoms with Crippen LogP contribution in [0.25, 0.3) is 11.0 Å². The first-order valence-corrected chi connectivity index (χ1v) is 12.0. The minimum Gasteiger partial charge on any atom is -0.332 e. The van der Waals surface area contributed by atoms with Gasteiger partial charge in [0.2, 0.25) is 15.9 Å². The summed E-state index contributed by atoms with van der Waals surface area (Å²) in [5.41, 5.74) is 1.03. The van der Waals surface area contributed by atoms with Crippen molar-refractivity contribution in [2.45, 2.75) is 24.7 Å². The molecule has 0 spiro atoms. The maximum Gasteiger partial charge on any atom is 0.245 e. The largest absolute Gasteiger partial charge is 0.332 e. The van der Waals surface area contributed by atoms with Crippen LogP contribution in [0, 0.1) is 5.92 Å². The molecule has 2 saturated heterocycles. The Labute approximate surface area is 169 Å². The van der Waals surface area contributed by atoms with Crippen molar-refractivity contribution in [3.8, 4) is 0 Å². The fourth-order valence-electron chi connectivity index (χ4n) is 4.13. The molecule has 0 bridgehead atoms. The molecular formula is C18H26N5O3S2+. The van der Waals surface area contributed by atoms with E-state index in [1.807, 2.05) is 4.90 Å². The Hall–Kier alpha value is -1.62. The fraction of sp³-hybridized carbons (Fsp3) is 0.611. The van der Waals surface area contributed by atoms with Gasteiger partial charge in [-0.25, -0.2) is 8.42 Å². The SMILES string of the molecule is CC[NH+]1CCN(C(=O)C2CCN(S(=O)(=O)c3cccc4nsnc34)CC2)CC1. The first-order chi connectivity index (χ1) is 13.5. The van der Waals surface area contributed by atoms with Gasteiger partial charge in [0.15, 0.2) is 0 Å². The first kappa shape index (κ1) is 19.7. The predicted octanol–water partition coefficient (Wildman–Crippen LogP) is -0.161. The van der Waals surface area contributed by atoms with Gasteiger partial charge in [-0.15, -0.1) is 0 Å². The molecule has 1 amide bonds. The zero-order valence-corrected chi connectivity index (χ0v) is 17.6. The van der Waals surface area contributed by atoms with Gasteiger partial charge in [0.1, 0.15) is 15.9 Å². The van der Waals surface area contributed by atoms with Crippen LogP contribution in [0.4, 0.5) is 0 Å². The Morgan fingerprint density at radius 2 is 1.89 bits per heavy atom. The number of piperazine rings is 1. The minimum absolute atomic E-state index is 0.0774. The van der Waals surface area contributed by atoms with Crippen molar-refractivity contribution in [3.05, 3.63) is 18.2 Å². The number of benzene rings is 1. The van der Waals surface area contributed by atoms with Crippen LogP contribution in [0.1, 0.15) is 19.8 Å². The normalized spacial score (nSPS) is 20.7. The fourth-order valence-corrected chi connectivity index (χ4v) is 6.35. The lowest BCUT2D eigenvalue weighted by atomic mass is 9.96. The Morgan fingerprint density at radius 1 is 1.18 bits per heavy atom. The number of nitrogens with zero attached hydrogens (tertiary/aromatic N) is 4. The molecule has 0 atom stereocenters. The van der Waals surface area contributed by atoms with Crippen LogP contribution < -0.4 is 4.90 Å². The van der Waals surface area contributed by atoms with Crippen LogP contribution in [-0.4, -0.2) is 78.1 Å². The van der Waals surface area contributed by atoms with Crippen LogP contribution in [-0.2, 0) is 14.8 Å². The number of quaternary nitrogens is 1. The third kappa shape index (κ3) is 3.66. The van der Waals surface area contributed by atoms with Gasteiger partial charge in [-0.3, -0.25) is 4.79 Å². The highest BCUT2D eigenvalue weighted by molar-refractivity contribution is 7.89. The lowest BCUT2D eigenvalue weighted by Crippen LogP contribution is -3.14. The van der Waals surface area contributed by atoms with Crippen molar-refractivity contribution in [2.75, 3.05) is 45.8 Å². The van der Waals surface area contributed by atoms with Gasteiger partial charge < -0.3 is 9.80 Å². The van der Waals surface area contributed by atoms with Crippen LogP contribution in [0.2, 0.25) is 0 Å². The summed E-state index contributed by atoms with van der Waals surface area (Å²) in [5.74, 6) is 0.115.